The molecule has 5 heteroatoms. The van der Waals surface area contributed by atoms with Crippen LogP contribution in [-0.4, -0.2) is 17.6 Å². The van der Waals surface area contributed by atoms with Crippen molar-refractivity contribution < 1.29 is 14.1 Å². The highest BCUT2D eigenvalue weighted by Crippen LogP contribution is 2.34. The summed E-state index contributed by atoms with van der Waals surface area (Å²) in [6.45, 7) is 7.43. The van der Waals surface area contributed by atoms with Gasteiger partial charge in [-0.05, 0) is 36.1 Å². The molecule has 1 fully saturated rings. The first-order chi connectivity index (χ1) is 14.4. The number of anilines is 1. The summed E-state index contributed by atoms with van der Waals surface area (Å²) in [6, 6.07) is 19.8. The highest BCUT2D eigenvalue weighted by Gasteiger charge is 2.33. The highest BCUT2D eigenvalue weighted by molar-refractivity contribution is 5.97. The number of nitrogens with zero attached hydrogens (tertiary/aromatic N) is 2. The van der Waals surface area contributed by atoms with Gasteiger partial charge in [0.25, 0.3) is 0 Å². The predicted octanol–water partition coefficient (Wildman–Crippen LogP) is 5.46. The van der Waals surface area contributed by atoms with E-state index in [4.69, 9.17) is 9.26 Å². The first-order valence-corrected chi connectivity index (χ1v) is 10.5. The molecule has 0 saturated carbocycles. The van der Waals surface area contributed by atoms with Gasteiger partial charge in [0.05, 0.1) is 11.6 Å². The van der Waals surface area contributed by atoms with Gasteiger partial charge in [0.15, 0.2) is 0 Å². The Labute approximate surface area is 177 Å². The lowest BCUT2D eigenvalue weighted by atomic mass is 9.89. The van der Waals surface area contributed by atoms with Crippen molar-refractivity contribution in [3.63, 3.8) is 0 Å². The topological polar surface area (TPSA) is 55.6 Å². The van der Waals surface area contributed by atoms with Crippen molar-refractivity contribution in [3.8, 4) is 5.75 Å². The number of benzene rings is 2. The third-order valence-electron chi connectivity index (χ3n) is 5.50. The third-order valence-corrected chi connectivity index (χ3v) is 5.50. The minimum Gasteiger partial charge on any atom is -0.489 e. The van der Waals surface area contributed by atoms with Crippen LogP contribution in [0.4, 0.5) is 5.88 Å². The molecule has 2 heterocycles. The molecule has 0 N–H and O–H groups in total. The van der Waals surface area contributed by atoms with E-state index in [0.29, 0.717) is 19.0 Å². The maximum absolute atomic E-state index is 13.2. The van der Waals surface area contributed by atoms with Crippen molar-refractivity contribution in [2.24, 2.45) is 0 Å². The number of rotatable bonds is 5. The molecule has 0 aliphatic carbocycles. The molecule has 156 valence electrons. The van der Waals surface area contributed by atoms with E-state index in [1.54, 1.807) is 4.90 Å². The van der Waals surface area contributed by atoms with Gasteiger partial charge in [-0.3, -0.25) is 9.69 Å². The van der Waals surface area contributed by atoms with Crippen molar-refractivity contribution in [1.82, 2.24) is 5.16 Å². The third kappa shape index (κ3) is 4.40. The van der Waals surface area contributed by atoms with Crippen molar-refractivity contribution in [2.45, 2.75) is 51.6 Å². The van der Waals surface area contributed by atoms with Crippen LogP contribution in [0, 0.1) is 0 Å². The second kappa shape index (κ2) is 8.34. The maximum Gasteiger partial charge on any atom is 0.236 e. The van der Waals surface area contributed by atoms with E-state index >= 15 is 0 Å². The van der Waals surface area contributed by atoms with Crippen LogP contribution in [0.15, 0.2) is 65.2 Å². The summed E-state index contributed by atoms with van der Waals surface area (Å²) in [7, 11) is 0. The Bertz CT molecular complexity index is 987. The molecule has 0 spiro atoms. The molecule has 2 aromatic carbocycles. The molecular weight excluding hydrogens is 376 g/mol. The fourth-order valence-corrected chi connectivity index (χ4v) is 3.69. The van der Waals surface area contributed by atoms with Gasteiger partial charge in [-0.25, -0.2) is 0 Å². The number of hydrogen-bond acceptors (Lipinski definition) is 4. The fraction of sp³-hybridized carbons (Fsp3) is 0.360. The van der Waals surface area contributed by atoms with Gasteiger partial charge in [-0.1, -0.05) is 68.4 Å². The summed E-state index contributed by atoms with van der Waals surface area (Å²) in [4.78, 5) is 14.9. The summed E-state index contributed by atoms with van der Waals surface area (Å²) >= 11 is 0. The lowest BCUT2D eigenvalue weighted by Gasteiger charge is -2.30. The molecule has 1 amide bonds. The van der Waals surface area contributed by atoms with Crippen LogP contribution in [0.3, 0.4) is 0 Å². The van der Waals surface area contributed by atoms with E-state index in [0.717, 1.165) is 35.4 Å². The minimum absolute atomic E-state index is 0.0656. The van der Waals surface area contributed by atoms with Crippen LogP contribution < -0.4 is 9.64 Å². The summed E-state index contributed by atoms with van der Waals surface area (Å²) < 4.78 is 11.4. The Morgan fingerprint density at radius 1 is 1.10 bits per heavy atom. The number of amides is 1. The van der Waals surface area contributed by atoms with Gasteiger partial charge in [0.1, 0.15) is 12.4 Å². The van der Waals surface area contributed by atoms with E-state index < -0.39 is 0 Å². The van der Waals surface area contributed by atoms with Gasteiger partial charge in [-0.15, -0.1) is 0 Å². The van der Waals surface area contributed by atoms with E-state index in [1.807, 2.05) is 60.7 Å². The van der Waals surface area contributed by atoms with Crippen molar-refractivity contribution >= 4 is 11.8 Å². The molecule has 1 atom stereocenters. The molecule has 3 aromatic rings. The molecule has 0 radical (unpaired) electrons. The smallest absolute Gasteiger partial charge is 0.236 e. The largest absolute Gasteiger partial charge is 0.489 e. The average molecular weight is 405 g/mol. The second-order valence-electron chi connectivity index (χ2n) is 8.83. The van der Waals surface area contributed by atoms with Crippen LogP contribution in [0.25, 0.3) is 0 Å². The number of aromatic nitrogens is 1. The molecule has 4 rings (SSSR count). The number of piperidine rings is 1. The molecular formula is C25H28N2O3. The molecule has 1 aliphatic rings. The van der Waals surface area contributed by atoms with E-state index in [9.17, 15) is 4.79 Å². The average Bonchev–Trinajstić information content (AvgIpc) is 3.24. The van der Waals surface area contributed by atoms with Gasteiger partial charge >= 0.3 is 0 Å². The first-order valence-electron chi connectivity index (χ1n) is 10.5. The monoisotopic (exact) mass is 404 g/mol. The van der Waals surface area contributed by atoms with Crippen molar-refractivity contribution in [3.05, 3.63) is 77.5 Å². The quantitative estimate of drug-likeness (QED) is 0.566. The Balaban J connectivity index is 1.44. The van der Waals surface area contributed by atoms with E-state index in [1.165, 1.54) is 0 Å². The van der Waals surface area contributed by atoms with Crippen LogP contribution in [-0.2, 0) is 16.8 Å². The zero-order valence-electron chi connectivity index (χ0n) is 17.8. The summed E-state index contributed by atoms with van der Waals surface area (Å²) in [5.41, 5.74) is 2.87. The van der Waals surface area contributed by atoms with Gasteiger partial charge in [0.2, 0.25) is 11.8 Å². The summed E-state index contributed by atoms with van der Waals surface area (Å²) in [6.07, 6.45) is 1.76. The SMILES string of the molecule is CC(C)(C)c1cc(N2CCCC(c3ccc(OCc4ccccc4)cc3)C2=O)on1. The Morgan fingerprint density at radius 3 is 2.50 bits per heavy atom. The van der Waals surface area contributed by atoms with Gasteiger partial charge in [-0.2, -0.15) is 0 Å². The first kappa shape index (κ1) is 20.2. The number of carbonyl (C=O) groups excluding carboxylic acids is 1. The maximum atomic E-state index is 13.2. The minimum atomic E-state index is -0.176. The Morgan fingerprint density at radius 2 is 1.83 bits per heavy atom. The lowest BCUT2D eigenvalue weighted by molar-refractivity contribution is -0.121. The Hall–Kier alpha value is -3.08. The van der Waals surface area contributed by atoms with Gasteiger partial charge in [0, 0.05) is 18.0 Å². The zero-order valence-corrected chi connectivity index (χ0v) is 17.8. The Kier molecular flexibility index (Phi) is 5.62. The number of carbonyl (C=O) groups is 1. The fourth-order valence-electron chi connectivity index (χ4n) is 3.69. The van der Waals surface area contributed by atoms with E-state index in [2.05, 4.69) is 25.9 Å². The summed E-state index contributed by atoms with van der Waals surface area (Å²) in [5.74, 6) is 1.23. The van der Waals surface area contributed by atoms with Crippen molar-refractivity contribution in [1.29, 1.82) is 0 Å². The van der Waals surface area contributed by atoms with Crippen LogP contribution in [0.1, 0.15) is 56.4 Å². The van der Waals surface area contributed by atoms with Crippen LogP contribution >= 0.6 is 0 Å². The highest BCUT2D eigenvalue weighted by atomic mass is 16.5. The number of ether oxygens (including phenoxy) is 1. The normalized spacial score (nSPS) is 17.2. The number of hydrogen-bond donors (Lipinski definition) is 0. The standard InChI is InChI=1S/C25H28N2O3/c1-25(2,3)22-16-23(30-26-22)27-15-7-10-21(24(27)28)19-11-13-20(14-12-19)29-17-18-8-5-4-6-9-18/h4-6,8-9,11-14,16,21H,7,10,15,17H2,1-3H3. The molecule has 0 bridgehead atoms. The lowest BCUT2D eigenvalue weighted by Crippen LogP contribution is -2.40. The predicted molar refractivity (Wildman–Crippen MR) is 117 cm³/mol. The zero-order chi connectivity index (χ0) is 21.1. The van der Waals surface area contributed by atoms with Crippen LogP contribution in [0.5, 0.6) is 5.75 Å². The van der Waals surface area contributed by atoms with E-state index in [-0.39, 0.29) is 17.2 Å². The van der Waals surface area contributed by atoms with Crippen molar-refractivity contribution in [2.75, 3.05) is 11.4 Å². The second-order valence-corrected chi connectivity index (χ2v) is 8.83. The molecule has 1 aromatic heterocycles. The molecule has 1 unspecified atom stereocenters. The molecule has 5 nitrogen and oxygen atoms in total. The molecule has 1 saturated heterocycles. The molecule has 30 heavy (non-hydrogen) atoms. The van der Waals surface area contributed by atoms with Crippen LogP contribution in [0.2, 0.25) is 0 Å². The molecule has 1 aliphatic heterocycles. The summed E-state index contributed by atoms with van der Waals surface area (Å²) in [5, 5.41) is 4.17. The van der Waals surface area contributed by atoms with Gasteiger partial charge < -0.3 is 9.26 Å².